The summed E-state index contributed by atoms with van der Waals surface area (Å²) in [6.07, 6.45) is 6.69. The number of H-pyrrole nitrogens is 1. The van der Waals surface area contributed by atoms with Crippen molar-refractivity contribution < 1.29 is 4.79 Å². The lowest BCUT2D eigenvalue weighted by molar-refractivity contribution is -0.118. The maximum Gasteiger partial charge on any atom is 0.216 e. The van der Waals surface area contributed by atoms with E-state index in [1.165, 1.54) is 6.92 Å². The van der Waals surface area contributed by atoms with Gasteiger partial charge in [0.2, 0.25) is 5.91 Å². The molecule has 0 aliphatic rings. The molecule has 1 heterocycles. The highest BCUT2D eigenvalue weighted by Crippen LogP contribution is 2.22. The topological polar surface area (TPSA) is 57.8 Å². The van der Waals surface area contributed by atoms with E-state index >= 15 is 0 Å². The van der Waals surface area contributed by atoms with E-state index in [9.17, 15) is 4.79 Å². The van der Waals surface area contributed by atoms with E-state index in [4.69, 9.17) is 0 Å². The van der Waals surface area contributed by atoms with Crippen LogP contribution in [0.4, 0.5) is 0 Å². The molecule has 0 aliphatic heterocycles. The first-order chi connectivity index (χ1) is 9.27. The quantitative estimate of drug-likeness (QED) is 0.807. The zero-order valence-electron chi connectivity index (χ0n) is 10.9. The zero-order valence-corrected chi connectivity index (χ0v) is 10.9. The summed E-state index contributed by atoms with van der Waals surface area (Å²) in [5, 5.41) is 9.71. The fraction of sp³-hybridized carbons (Fsp3) is 0.200. The van der Waals surface area contributed by atoms with E-state index < -0.39 is 0 Å². The Bertz CT molecular complexity index is 559. The van der Waals surface area contributed by atoms with Gasteiger partial charge in [-0.1, -0.05) is 36.4 Å². The molecule has 0 spiro atoms. The molecule has 2 N–H and O–H groups in total. The second kappa shape index (κ2) is 6.54. The smallest absolute Gasteiger partial charge is 0.216 e. The maximum atomic E-state index is 10.7. The second-order valence-electron chi connectivity index (χ2n) is 4.23. The zero-order chi connectivity index (χ0) is 13.5. The number of hydrogen-bond donors (Lipinski definition) is 2. The van der Waals surface area contributed by atoms with Gasteiger partial charge in [-0.2, -0.15) is 5.10 Å². The van der Waals surface area contributed by atoms with Crippen LogP contribution in [-0.4, -0.2) is 22.6 Å². The molecule has 4 nitrogen and oxygen atoms in total. The van der Waals surface area contributed by atoms with Gasteiger partial charge in [-0.25, -0.2) is 0 Å². The Morgan fingerprint density at radius 1 is 1.37 bits per heavy atom. The highest BCUT2D eigenvalue weighted by atomic mass is 16.1. The summed E-state index contributed by atoms with van der Waals surface area (Å²) in [6, 6.07) is 10.1. The average molecular weight is 255 g/mol. The largest absolute Gasteiger partial charge is 0.356 e. The van der Waals surface area contributed by atoms with E-state index in [-0.39, 0.29) is 5.91 Å². The van der Waals surface area contributed by atoms with Crippen molar-refractivity contribution >= 4 is 12.0 Å². The van der Waals surface area contributed by atoms with Crippen LogP contribution in [0.3, 0.4) is 0 Å². The first kappa shape index (κ1) is 13.1. The molecule has 4 heteroatoms. The summed E-state index contributed by atoms with van der Waals surface area (Å²) in [4.78, 5) is 10.7. The van der Waals surface area contributed by atoms with Gasteiger partial charge in [0.25, 0.3) is 0 Å². The molecule has 0 fully saturated rings. The lowest BCUT2D eigenvalue weighted by Gasteiger charge is -2.03. The van der Waals surface area contributed by atoms with Crippen LogP contribution in [0.25, 0.3) is 17.3 Å². The predicted molar refractivity (Wildman–Crippen MR) is 76.4 cm³/mol. The van der Waals surface area contributed by atoms with Crippen LogP contribution in [0.5, 0.6) is 0 Å². The number of benzene rings is 1. The van der Waals surface area contributed by atoms with Crippen molar-refractivity contribution in [3.05, 3.63) is 48.2 Å². The minimum absolute atomic E-state index is 0.00580. The second-order valence-corrected chi connectivity index (χ2v) is 4.23. The highest BCUT2D eigenvalue weighted by Gasteiger charge is 2.02. The standard InChI is InChI=1S/C15H17N3O/c1-12(19)16-10-5-4-7-13-6-2-3-8-14(13)15-9-11-17-18-15/h2-4,6-9,11H,5,10H2,1H3,(H,16,19)(H,17,18). The molecule has 0 unspecified atom stereocenters. The third kappa shape index (κ3) is 3.81. The Balaban J connectivity index is 2.04. The van der Waals surface area contributed by atoms with Crippen molar-refractivity contribution in [3.8, 4) is 11.3 Å². The number of amides is 1. The Morgan fingerprint density at radius 2 is 2.21 bits per heavy atom. The first-order valence-corrected chi connectivity index (χ1v) is 6.27. The Hall–Kier alpha value is -2.36. The van der Waals surface area contributed by atoms with Crippen molar-refractivity contribution in [1.29, 1.82) is 0 Å². The summed E-state index contributed by atoms with van der Waals surface area (Å²) in [5.41, 5.74) is 3.26. The summed E-state index contributed by atoms with van der Waals surface area (Å²) < 4.78 is 0. The number of nitrogens with zero attached hydrogens (tertiary/aromatic N) is 1. The predicted octanol–water partition coefficient (Wildman–Crippen LogP) is 2.62. The van der Waals surface area contributed by atoms with Crippen molar-refractivity contribution in [1.82, 2.24) is 15.5 Å². The minimum Gasteiger partial charge on any atom is -0.356 e. The average Bonchev–Trinajstić information content (AvgIpc) is 2.92. The Kier molecular flexibility index (Phi) is 4.50. The number of nitrogens with one attached hydrogen (secondary N) is 2. The van der Waals surface area contributed by atoms with Gasteiger partial charge in [0.1, 0.15) is 0 Å². The normalized spacial score (nSPS) is 10.8. The maximum absolute atomic E-state index is 10.7. The van der Waals surface area contributed by atoms with Gasteiger partial charge < -0.3 is 5.32 Å². The van der Waals surface area contributed by atoms with E-state index in [1.54, 1.807) is 6.20 Å². The Morgan fingerprint density at radius 3 is 2.95 bits per heavy atom. The number of aromatic nitrogens is 2. The van der Waals surface area contributed by atoms with Crippen molar-refractivity contribution in [2.45, 2.75) is 13.3 Å². The summed E-state index contributed by atoms with van der Waals surface area (Å²) >= 11 is 0. The van der Waals surface area contributed by atoms with Crippen molar-refractivity contribution in [2.24, 2.45) is 0 Å². The summed E-state index contributed by atoms with van der Waals surface area (Å²) in [6.45, 7) is 2.19. The number of hydrogen-bond acceptors (Lipinski definition) is 2. The number of carbonyl (C=O) groups is 1. The van der Waals surface area contributed by atoms with Crippen LogP contribution in [0.1, 0.15) is 18.9 Å². The molecule has 0 radical (unpaired) electrons. The molecule has 0 aliphatic carbocycles. The lowest BCUT2D eigenvalue weighted by atomic mass is 10.0. The molecule has 0 saturated carbocycles. The molecular formula is C15H17N3O. The molecular weight excluding hydrogens is 238 g/mol. The number of aromatic amines is 1. The molecule has 2 rings (SSSR count). The van der Waals surface area contributed by atoms with Gasteiger partial charge in [-0.15, -0.1) is 0 Å². The third-order valence-corrected chi connectivity index (χ3v) is 2.73. The van der Waals surface area contributed by atoms with Crippen molar-refractivity contribution in [2.75, 3.05) is 6.54 Å². The Labute approximate surface area is 112 Å². The molecule has 98 valence electrons. The summed E-state index contributed by atoms with van der Waals surface area (Å²) in [5.74, 6) is 0.00580. The van der Waals surface area contributed by atoms with Crippen LogP contribution < -0.4 is 5.32 Å². The van der Waals surface area contributed by atoms with Gasteiger partial charge >= 0.3 is 0 Å². The third-order valence-electron chi connectivity index (χ3n) is 2.73. The first-order valence-electron chi connectivity index (χ1n) is 6.27. The fourth-order valence-corrected chi connectivity index (χ4v) is 1.84. The van der Waals surface area contributed by atoms with Gasteiger partial charge in [0, 0.05) is 25.2 Å². The van der Waals surface area contributed by atoms with E-state index in [0.717, 1.165) is 23.2 Å². The van der Waals surface area contributed by atoms with Gasteiger partial charge in [-0.3, -0.25) is 9.89 Å². The molecule has 0 atom stereocenters. The van der Waals surface area contributed by atoms with Crippen LogP contribution in [0.2, 0.25) is 0 Å². The molecule has 0 bridgehead atoms. The van der Waals surface area contributed by atoms with Gasteiger partial charge in [-0.05, 0) is 18.1 Å². The molecule has 1 aromatic carbocycles. The molecule has 1 amide bonds. The van der Waals surface area contributed by atoms with Crippen LogP contribution in [-0.2, 0) is 4.79 Å². The minimum atomic E-state index is 0.00580. The molecule has 2 aromatic rings. The molecule has 19 heavy (non-hydrogen) atoms. The lowest BCUT2D eigenvalue weighted by Crippen LogP contribution is -2.20. The highest BCUT2D eigenvalue weighted by molar-refractivity contribution is 5.73. The van der Waals surface area contributed by atoms with Crippen LogP contribution >= 0.6 is 0 Å². The van der Waals surface area contributed by atoms with Crippen molar-refractivity contribution in [3.63, 3.8) is 0 Å². The monoisotopic (exact) mass is 255 g/mol. The van der Waals surface area contributed by atoms with Crippen LogP contribution in [0.15, 0.2) is 42.6 Å². The van der Waals surface area contributed by atoms with Gasteiger partial charge in [0.15, 0.2) is 0 Å². The van der Waals surface area contributed by atoms with Crippen LogP contribution in [0, 0.1) is 0 Å². The SMILES string of the molecule is CC(=O)NCCC=Cc1ccccc1-c1ccn[nH]1. The molecule has 1 aromatic heterocycles. The van der Waals surface area contributed by atoms with E-state index in [0.29, 0.717) is 6.54 Å². The molecule has 0 saturated heterocycles. The van der Waals surface area contributed by atoms with E-state index in [2.05, 4.69) is 39.8 Å². The van der Waals surface area contributed by atoms with E-state index in [1.807, 2.05) is 18.2 Å². The van der Waals surface area contributed by atoms with Gasteiger partial charge in [0.05, 0.1) is 5.69 Å². The number of rotatable bonds is 5. The summed E-state index contributed by atoms with van der Waals surface area (Å²) in [7, 11) is 0. The number of carbonyl (C=O) groups excluding carboxylic acids is 1. The fourth-order valence-electron chi connectivity index (χ4n) is 1.84.